The third-order valence-electron chi connectivity index (χ3n) is 5.64. The molecule has 0 saturated carbocycles. The highest BCUT2D eigenvalue weighted by Gasteiger charge is 2.22. The van der Waals surface area contributed by atoms with Crippen molar-refractivity contribution in [1.29, 1.82) is 10.5 Å². The van der Waals surface area contributed by atoms with Gasteiger partial charge in [-0.15, -0.1) is 11.3 Å². The van der Waals surface area contributed by atoms with Crippen LogP contribution in [0, 0.1) is 36.5 Å². The highest BCUT2D eigenvalue weighted by Crippen LogP contribution is 2.37. The number of thiophene rings is 1. The Balaban J connectivity index is 1.65. The number of esters is 1. The number of methoxy groups -OCH3 is 1. The third-order valence-corrected chi connectivity index (χ3v) is 6.85. The van der Waals surface area contributed by atoms with Crippen molar-refractivity contribution in [2.24, 2.45) is 0 Å². The number of hydrogen-bond acceptors (Lipinski definition) is 7. The van der Waals surface area contributed by atoms with Crippen LogP contribution in [0.25, 0.3) is 6.08 Å². The van der Waals surface area contributed by atoms with E-state index in [4.69, 9.17) is 9.47 Å². The Kier molecular flexibility index (Phi) is 8.05. The van der Waals surface area contributed by atoms with E-state index in [-0.39, 0.29) is 5.57 Å². The SMILES string of the molecule is COCCn1c(C)cc(/C=C(/C#N)C(=O)OCC(=O)Nc2sc3c(c2C#N)CCCC3)c1C. The van der Waals surface area contributed by atoms with Crippen LogP contribution in [0.2, 0.25) is 0 Å². The van der Waals surface area contributed by atoms with E-state index in [0.29, 0.717) is 23.7 Å². The molecule has 3 rings (SSSR count). The van der Waals surface area contributed by atoms with Crippen molar-refractivity contribution in [2.45, 2.75) is 46.1 Å². The summed E-state index contributed by atoms with van der Waals surface area (Å²) in [6, 6.07) is 5.91. The lowest BCUT2D eigenvalue weighted by Crippen LogP contribution is -2.21. The Bertz CT molecular complexity index is 1180. The quantitative estimate of drug-likeness (QED) is 0.360. The van der Waals surface area contributed by atoms with Crippen molar-refractivity contribution < 1.29 is 19.1 Å². The van der Waals surface area contributed by atoms with Gasteiger partial charge in [0.1, 0.15) is 22.7 Å². The smallest absolute Gasteiger partial charge is 0.349 e. The molecule has 0 atom stereocenters. The predicted octanol–water partition coefficient (Wildman–Crippen LogP) is 3.65. The molecule has 1 N–H and O–H groups in total. The summed E-state index contributed by atoms with van der Waals surface area (Å²) in [7, 11) is 1.63. The molecule has 9 heteroatoms. The summed E-state index contributed by atoms with van der Waals surface area (Å²) in [5.41, 5.74) is 3.92. The maximum atomic E-state index is 12.4. The van der Waals surface area contributed by atoms with Crippen molar-refractivity contribution >= 4 is 34.3 Å². The lowest BCUT2D eigenvalue weighted by Gasteiger charge is -2.09. The average molecular weight is 467 g/mol. The fourth-order valence-electron chi connectivity index (χ4n) is 3.94. The van der Waals surface area contributed by atoms with Gasteiger partial charge in [0.2, 0.25) is 0 Å². The number of amides is 1. The minimum Gasteiger partial charge on any atom is -0.451 e. The van der Waals surface area contributed by atoms with Gasteiger partial charge < -0.3 is 19.4 Å². The first-order valence-corrected chi connectivity index (χ1v) is 11.5. The number of nitrogens with zero attached hydrogens (tertiary/aromatic N) is 3. The number of rotatable bonds is 8. The van der Waals surface area contributed by atoms with Gasteiger partial charge in [0.15, 0.2) is 6.61 Å². The molecule has 2 aromatic heterocycles. The number of anilines is 1. The van der Waals surface area contributed by atoms with Crippen molar-refractivity contribution in [3.63, 3.8) is 0 Å². The fourth-order valence-corrected chi connectivity index (χ4v) is 5.19. The molecule has 1 aliphatic carbocycles. The topological polar surface area (TPSA) is 117 Å². The molecule has 33 heavy (non-hydrogen) atoms. The Hall–Kier alpha value is -3.40. The predicted molar refractivity (Wildman–Crippen MR) is 125 cm³/mol. The maximum Gasteiger partial charge on any atom is 0.349 e. The van der Waals surface area contributed by atoms with E-state index in [9.17, 15) is 20.1 Å². The Morgan fingerprint density at radius 1 is 1.27 bits per heavy atom. The summed E-state index contributed by atoms with van der Waals surface area (Å²) >= 11 is 1.40. The molecule has 0 spiro atoms. The molecule has 1 aliphatic rings. The summed E-state index contributed by atoms with van der Waals surface area (Å²) in [6.07, 6.45) is 5.31. The maximum absolute atomic E-state index is 12.4. The number of aryl methyl sites for hydroxylation is 2. The van der Waals surface area contributed by atoms with Gasteiger partial charge in [-0.2, -0.15) is 10.5 Å². The second-order valence-electron chi connectivity index (χ2n) is 7.79. The van der Waals surface area contributed by atoms with Gasteiger partial charge in [0.25, 0.3) is 5.91 Å². The highest BCUT2D eigenvalue weighted by molar-refractivity contribution is 7.16. The standard InChI is InChI=1S/C24H26N4O4S/c1-15-10-17(16(2)28(15)8-9-31-3)11-18(12-25)24(30)32-14-22(29)27-23-20(13-26)19-6-4-5-7-21(19)33-23/h10-11H,4-9,14H2,1-3H3,(H,27,29)/b18-11-. The summed E-state index contributed by atoms with van der Waals surface area (Å²) in [6.45, 7) is 4.49. The van der Waals surface area contributed by atoms with Gasteiger partial charge in [0, 0.05) is 29.9 Å². The minimum atomic E-state index is -0.875. The molecule has 2 heterocycles. The van der Waals surface area contributed by atoms with Crippen molar-refractivity contribution in [1.82, 2.24) is 4.57 Å². The zero-order valence-electron chi connectivity index (χ0n) is 19.0. The fraction of sp³-hybridized carbons (Fsp3) is 0.417. The lowest BCUT2D eigenvalue weighted by atomic mass is 9.96. The largest absolute Gasteiger partial charge is 0.451 e. The van der Waals surface area contributed by atoms with Crippen LogP contribution in [0.5, 0.6) is 0 Å². The van der Waals surface area contributed by atoms with Crippen LogP contribution in [0.4, 0.5) is 5.00 Å². The molecule has 0 unspecified atom stereocenters. The van der Waals surface area contributed by atoms with Crippen molar-refractivity contribution in [3.05, 3.63) is 44.6 Å². The zero-order chi connectivity index (χ0) is 24.0. The molecule has 0 fully saturated rings. The normalized spacial score (nSPS) is 13.1. The lowest BCUT2D eigenvalue weighted by molar-refractivity contribution is -0.142. The number of nitrogens with one attached hydrogen (secondary N) is 1. The first kappa shape index (κ1) is 24.2. The van der Waals surface area contributed by atoms with Gasteiger partial charge >= 0.3 is 5.97 Å². The summed E-state index contributed by atoms with van der Waals surface area (Å²) < 4.78 is 12.2. The highest BCUT2D eigenvalue weighted by atomic mass is 32.1. The monoisotopic (exact) mass is 466 g/mol. The number of hydrogen-bond donors (Lipinski definition) is 1. The van der Waals surface area contributed by atoms with Gasteiger partial charge in [-0.1, -0.05) is 0 Å². The van der Waals surface area contributed by atoms with Crippen LogP contribution in [0.3, 0.4) is 0 Å². The van der Waals surface area contributed by atoms with Crippen LogP contribution in [0.15, 0.2) is 11.6 Å². The van der Waals surface area contributed by atoms with E-state index in [1.54, 1.807) is 7.11 Å². The van der Waals surface area contributed by atoms with Gasteiger partial charge in [0.05, 0.1) is 12.2 Å². The zero-order valence-corrected chi connectivity index (χ0v) is 19.8. The Labute approximate surface area is 197 Å². The molecular formula is C24H26N4O4S. The van der Waals surface area contributed by atoms with E-state index in [1.165, 1.54) is 17.4 Å². The number of ether oxygens (including phenoxy) is 2. The Morgan fingerprint density at radius 2 is 2.03 bits per heavy atom. The van der Waals surface area contributed by atoms with Crippen LogP contribution in [-0.2, 0) is 38.4 Å². The number of fused-ring (bicyclic) bond motifs is 1. The van der Waals surface area contributed by atoms with Crippen molar-refractivity contribution in [3.8, 4) is 12.1 Å². The molecule has 8 nitrogen and oxygen atoms in total. The molecule has 0 saturated heterocycles. The number of aromatic nitrogens is 1. The summed E-state index contributed by atoms with van der Waals surface area (Å²) in [4.78, 5) is 25.9. The first-order chi connectivity index (χ1) is 15.9. The average Bonchev–Trinajstić information content (AvgIpc) is 3.29. The van der Waals surface area contributed by atoms with E-state index in [1.807, 2.05) is 30.6 Å². The molecule has 2 aromatic rings. The molecule has 0 aliphatic heterocycles. The van der Waals surface area contributed by atoms with Crippen molar-refractivity contribution in [2.75, 3.05) is 25.6 Å². The molecular weight excluding hydrogens is 440 g/mol. The summed E-state index contributed by atoms with van der Waals surface area (Å²) in [5, 5.41) is 22.1. The van der Waals surface area contributed by atoms with Crippen LogP contribution >= 0.6 is 11.3 Å². The van der Waals surface area contributed by atoms with Crippen LogP contribution < -0.4 is 5.32 Å². The molecule has 0 bridgehead atoms. The molecule has 0 aromatic carbocycles. The molecule has 1 amide bonds. The molecule has 172 valence electrons. The van der Waals surface area contributed by atoms with E-state index in [2.05, 4.69) is 11.4 Å². The van der Waals surface area contributed by atoms with Gasteiger partial charge in [-0.25, -0.2) is 4.79 Å². The van der Waals surface area contributed by atoms with Crippen LogP contribution in [-0.4, -0.2) is 36.8 Å². The summed E-state index contributed by atoms with van der Waals surface area (Å²) in [5.74, 6) is -1.42. The first-order valence-electron chi connectivity index (χ1n) is 10.7. The van der Waals surface area contributed by atoms with E-state index >= 15 is 0 Å². The van der Waals surface area contributed by atoms with E-state index in [0.717, 1.165) is 53.1 Å². The Morgan fingerprint density at radius 3 is 2.73 bits per heavy atom. The van der Waals surface area contributed by atoms with E-state index < -0.39 is 18.5 Å². The minimum absolute atomic E-state index is 0.195. The third kappa shape index (κ3) is 5.51. The second-order valence-corrected chi connectivity index (χ2v) is 8.90. The second kappa shape index (κ2) is 11.0. The van der Waals surface area contributed by atoms with Crippen LogP contribution in [0.1, 0.15) is 45.8 Å². The van der Waals surface area contributed by atoms with Gasteiger partial charge in [-0.3, -0.25) is 4.79 Å². The van der Waals surface area contributed by atoms with Gasteiger partial charge in [-0.05, 0) is 62.8 Å². The number of nitriles is 2. The molecule has 0 radical (unpaired) electrons. The number of carbonyl (C=O) groups is 2. The number of carbonyl (C=O) groups excluding carboxylic acids is 2.